The Hall–Kier alpha value is -1.90. The minimum Gasteiger partial charge on any atom is -0.320 e. The molecule has 0 aliphatic heterocycles. The average Bonchev–Trinajstić information content (AvgIpc) is 3.03. The summed E-state index contributed by atoms with van der Waals surface area (Å²) in [5.74, 6) is 1.13. The van der Waals surface area contributed by atoms with Gasteiger partial charge in [0, 0.05) is 11.1 Å². The van der Waals surface area contributed by atoms with Crippen molar-refractivity contribution >= 4 is 34.0 Å². The summed E-state index contributed by atoms with van der Waals surface area (Å²) in [5.41, 5.74) is 3.41. The zero-order valence-corrected chi connectivity index (χ0v) is 12.4. The van der Waals surface area contributed by atoms with Crippen molar-refractivity contribution in [2.45, 2.75) is 19.3 Å². The molecule has 0 unspecified atom stereocenters. The quantitative estimate of drug-likeness (QED) is 0.696. The number of nitriles is 1. The first-order chi connectivity index (χ1) is 9.71. The molecule has 0 saturated carbocycles. The van der Waals surface area contributed by atoms with Gasteiger partial charge in [-0.1, -0.05) is 0 Å². The van der Waals surface area contributed by atoms with Crippen LogP contribution in [-0.4, -0.2) is 14.5 Å². The number of rotatable bonds is 3. The SMILES string of the molecule is Cc1csc(Cn2c(CCl)nc3ccc(C#N)cc32)n1. The van der Waals surface area contributed by atoms with E-state index in [0.717, 1.165) is 27.6 Å². The maximum absolute atomic E-state index is 9.03. The fourth-order valence-electron chi connectivity index (χ4n) is 2.13. The second-order valence-electron chi connectivity index (χ2n) is 4.45. The van der Waals surface area contributed by atoms with Gasteiger partial charge < -0.3 is 4.57 Å². The maximum atomic E-state index is 9.03. The Morgan fingerprint density at radius 1 is 1.40 bits per heavy atom. The summed E-state index contributed by atoms with van der Waals surface area (Å²) in [6.07, 6.45) is 0. The van der Waals surface area contributed by atoms with Crippen LogP contribution in [0.5, 0.6) is 0 Å². The van der Waals surface area contributed by atoms with Gasteiger partial charge in [0.05, 0.1) is 35.1 Å². The normalized spacial score (nSPS) is 10.8. The van der Waals surface area contributed by atoms with Gasteiger partial charge in [-0.05, 0) is 25.1 Å². The van der Waals surface area contributed by atoms with Gasteiger partial charge in [0.25, 0.3) is 0 Å². The van der Waals surface area contributed by atoms with Crippen molar-refractivity contribution in [1.82, 2.24) is 14.5 Å². The second-order valence-corrected chi connectivity index (χ2v) is 5.66. The molecule has 2 aromatic heterocycles. The molecule has 0 saturated heterocycles. The lowest BCUT2D eigenvalue weighted by atomic mass is 10.2. The van der Waals surface area contributed by atoms with Crippen molar-refractivity contribution in [1.29, 1.82) is 5.26 Å². The number of thiazole rings is 1. The number of halogens is 1. The van der Waals surface area contributed by atoms with Gasteiger partial charge in [-0.15, -0.1) is 22.9 Å². The molecule has 4 nitrogen and oxygen atoms in total. The molecule has 0 atom stereocenters. The third-order valence-electron chi connectivity index (χ3n) is 3.04. The van der Waals surface area contributed by atoms with Crippen molar-refractivity contribution in [2.24, 2.45) is 0 Å². The summed E-state index contributed by atoms with van der Waals surface area (Å²) >= 11 is 7.60. The van der Waals surface area contributed by atoms with E-state index < -0.39 is 0 Å². The van der Waals surface area contributed by atoms with Crippen LogP contribution in [0, 0.1) is 18.3 Å². The number of fused-ring (bicyclic) bond motifs is 1. The molecule has 6 heteroatoms. The van der Waals surface area contributed by atoms with E-state index >= 15 is 0 Å². The summed E-state index contributed by atoms with van der Waals surface area (Å²) in [5, 5.41) is 12.1. The van der Waals surface area contributed by atoms with E-state index in [4.69, 9.17) is 16.9 Å². The molecular weight excluding hydrogens is 292 g/mol. The first-order valence-corrected chi connectivity index (χ1v) is 7.49. The Bertz CT molecular complexity index is 812. The highest BCUT2D eigenvalue weighted by Gasteiger charge is 2.12. The van der Waals surface area contributed by atoms with Crippen molar-refractivity contribution in [3.63, 3.8) is 0 Å². The standard InChI is InChI=1S/C14H11ClN4S/c1-9-8-20-14(17-9)7-19-12-4-10(6-16)2-3-11(12)18-13(19)5-15/h2-4,8H,5,7H2,1H3. The van der Waals surface area contributed by atoms with Crippen LogP contribution in [0.25, 0.3) is 11.0 Å². The topological polar surface area (TPSA) is 54.5 Å². The largest absolute Gasteiger partial charge is 0.320 e. The lowest BCUT2D eigenvalue weighted by molar-refractivity contribution is 0.771. The summed E-state index contributed by atoms with van der Waals surface area (Å²) in [6, 6.07) is 7.62. The van der Waals surface area contributed by atoms with E-state index in [-0.39, 0.29) is 0 Å². The van der Waals surface area contributed by atoms with Gasteiger partial charge in [-0.3, -0.25) is 0 Å². The Labute approximate surface area is 125 Å². The Morgan fingerprint density at radius 3 is 2.90 bits per heavy atom. The Morgan fingerprint density at radius 2 is 2.25 bits per heavy atom. The molecule has 0 spiro atoms. The monoisotopic (exact) mass is 302 g/mol. The molecule has 100 valence electrons. The predicted octanol–water partition coefficient (Wildman–Crippen LogP) is 3.46. The van der Waals surface area contributed by atoms with Crippen LogP contribution < -0.4 is 0 Å². The van der Waals surface area contributed by atoms with E-state index in [1.54, 1.807) is 17.4 Å². The fraction of sp³-hybridized carbons (Fsp3) is 0.214. The average molecular weight is 303 g/mol. The molecule has 3 rings (SSSR count). The van der Waals surface area contributed by atoms with E-state index in [1.165, 1.54) is 0 Å². The lowest BCUT2D eigenvalue weighted by Crippen LogP contribution is -2.03. The van der Waals surface area contributed by atoms with Crippen LogP contribution in [0.3, 0.4) is 0 Å². The maximum Gasteiger partial charge on any atom is 0.125 e. The first kappa shape index (κ1) is 13.1. The molecule has 1 aromatic carbocycles. The highest BCUT2D eigenvalue weighted by Crippen LogP contribution is 2.21. The molecule has 20 heavy (non-hydrogen) atoms. The van der Waals surface area contributed by atoms with Crippen molar-refractivity contribution in [2.75, 3.05) is 0 Å². The van der Waals surface area contributed by atoms with Gasteiger partial charge in [-0.25, -0.2) is 9.97 Å². The third-order valence-corrected chi connectivity index (χ3v) is 4.23. The van der Waals surface area contributed by atoms with Gasteiger partial charge in [0.15, 0.2) is 0 Å². The summed E-state index contributed by atoms with van der Waals surface area (Å²) in [4.78, 5) is 8.98. The molecule has 2 heterocycles. The molecule has 0 amide bonds. The summed E-state index contributed by atoms with van der Waals surface area (Å²) in [7, 11) is 0. The van der Waals surface area contributed by atoms with Gasteiger partial charge in [0.1, 0.15) is 10.8 Å². The Balaban J connectivity index is 2.13. The number of nitrogens with zero attached hydrogens (tertiary/aromatic N) is 4. The molecule has 0 fully saturated rings. The number of aryl methyl sites for hydroxylation is 1. The number of imidazole rings is 1. The minimum atomic E-state index is 0.334. The summed E-state index contributed by atoms with van der Waals surface area (Å²) < 4.78 is 2.03. The van der Waals surface area contributed by atoms with Crippen LogP contribution in [0.1, 0.15) is 22.1 Å². The fourth-order valence-corrected chi connectivity index (χ4v) is 3.09. The van der Waals surface area contributed by atoms with Crippen molar-refractivity contribution in [3.05, 3.63) is 45.7 Å². The van der Waals surface area contributed by atoms with Crippen LogP contribution in [-0.2, 0) is 12.4 Å². The lowest BCUT2D eigenvalue weighted by Gasteiger charge is -2.05. The van der Waals surface area contributed by atoms with Crippen LogP contribution >= 0.6 is 22.9 Å². The first-order valence-electron chi connectivity index (χ1n) is 6.07. The summed E-state index contributed by atoms with van der Waals surface area (Å²) in [6.45, 7) is 2.61. The molecule has 0 radical (unpaired) electrons. The molecule has 0 N–H and O–H groups in total. The molecule has 0 aliphatic rings. The van der Waals surface area contributed by atoms with Crippen LogP contribution in [0.4, 0.5) is 0 Å². The van der Waals surface area contributed by atoms with Gasteiger partial charge in [-0.2, -0.15) is 5.26 Å². The van der Waals surface area contributed by atoms with Crippen LogP contribution in [0.15, 0.2) is 23.6 Å². The Kier molecular flexibility index (Phi) is 3.43. The van der Waals surface area contributed by atoms with Gasteiger partial charge >= 0.3 is 0 Å². The number of benzene rings is 1. The minimum absolute atomic E-state index is 0.334. The molecule has 3 aromatic rings. The highest BCUT2D eigenvalue weighted by molar-refractivity contribution is 7.09. The van der Waals surface area contributed by atoms with E-state index in [9.17, 15) is 0 Å². The van der Waals surface area contributed by atoms with Crippen molar-refractivity contribution < 1.29 is 0 Å². The predicted molar refractivity (Wildman–Crippen MR) is 80.0 cm³/mol. The number of alkyl halides is 1. The highest BCUT2D eigenvalue weighted by atomic mass is 35.5. The zero-order valence-electron chi connectivity index (χ0n) is 10.8. The molecule has 0 aliphatic carbocycles. The molecular formula is C14H11ClN4S. The third kappa shape index (κ3) is 2.28. The van der Waals surface area contributed by atoms with E-state index in [2.05, 4.69) is 16.0 Å². The smallest absolute Gasteiger partial charge is 0.125 e. The van der Waals surface area contributed by atoms with E-state index in [1.807, 2.05) is 29.0 Å². The zero-order chi connectivity index (χ0) is 14.1. The molecule has 0 bridgehead atoms. The number of hydrogen-bond donors (Lipinski definition) is 0. The van der Waals surface area contributed by atoms with Crippen LogP contribution in [0.2, 0.25) is 0 Å². The number of hydrogen-bond acceptors (Lipinski definition) is 4. The van der Waals surface area contributed by atoms with Gasteiger partial charge in [0.2, 0.25) is 0 Å². The number of aromatic nitrogens is 3. The van der Waals surface area contributed by atoms with E-state index in [0.29, 0.717) is 18.0 Å². The second kappa shape index (κ2) is 5.23. The van der Waals surface area contributed by atoms with Crippen molar-refractivity contribution in [3.8, 4) is 6.07 Å².